The minimum Gasteiger partial charge on any atom is -0.380 e. The standard InChI is InChI=1S/C29H44N8O4/c1-5-34(22-10-11-23(30)24(18-22)41-4)19-20-6-8-21(9-7-20)37-13-12-25(33-28(37)40)32-27(39)36-16-14-35(15-17-36)26(38)29(2,3)31/h6-9,12-13,22-24H,5,10-11,14-19,30-31H2,1-4H3,(H,32,33,39,40)/t22?,23?,24-/m0/s1. The van der Waals surface area contributed by atoms with Crippen molar-refractivity contribution in [3.63, 3.8) is 0 Å². The average Bonchev–Trinajstić information content (AvgIpc) is 2.96. The predicted octanol–water partition coefficient (Wildman–Crippen LogP) is 1.36. The maximum absolute atomic E-state index is 12.8. The van der Waals surface area contributed by atoms with Gasteiger partial charge < -0.3 is 26.0 Å². The number of benzene rings is 1. The fraction of sp³-hybridized carbons (Fsp3) is 0.586. The van der Waals surface area contributed by atoms with Gasteiger partial charge in [0.15, 0.2) is 0 Å². The molecule has 224 valence electrons. The zero-order valence-corrected chi connectivity index (χ0v) is 24.6. The Bertz CT molecular complexity index is 1250. The van der Waals surface area contributed by atoms with Crippen LogP contribution in [0.5, 0.6) is 0 Å². The summed E-state index contributed by atoms with van der Waals surface area (Å²) in [6.45, 7) is 8.77. The molecule has 2 aliphatic rings. The Morgan fingerprint density at radius 1 is 1.10 bits per heavy atom. The van der Waals surface area contributed by atoms with Crippen LogP contribution in [0.1, 0.15) is 45.6 Å². The number of rotatable bonds is 8. The molecule has 1 saturated carbocycles. The first-order chi connectivity index (χ1) is 19.5. The molecule has 3 amide bonds. The van der Waals surface area contributed by atoms with Gasteiger partial charge in [-0.3, -0.25) is 19.6 Å². The van der Waals surface area contributed by atoms with E-state index in [4.69, 9.17) is 16.2 Å². The summed E-state index contributed by atoms with van der Waals surface area (Å²) in [6, 6.07) is 9.61. The number of amides is 3. The lowest BCUT2D eigenvalue weighted by Crippen LogP contribution is -2.58. The fourth-order valence-corrected chi connectivity index (χ4v) is 5.61. The van der Waals surface area contributed by atoms with Crippen LogP contribution in [0.15, 0.2) is 41.3 Å². The number of nitrogens with one attached hydrogen (secondary N) is 1. The molecule has 1 aromatic heterocycles. The van der Waals surface area contributed by atoms with Crippen molar-refractivity contribution in [2.45, 2.75) is 70.3 Å². The molecule has 0 radical (unpaired) electrons. The van der Waals surface area contributed by atoms with Gasteiger partial charge in [-0.2, -0.15) is 4.98 Å². The molecule has 1 saturated heterocycles. The van der Waals surface area contributed by atoms with E-state index in [9.17, 15) is 14.4 Å². The zero-order chi connectivity index (χ0) is 29.7. The lowest BCUT2D eigenvalue weighted by Gasteiger charge is -2.39. The summed E-state index contributed by atoms with van der Waals surface area (Å²) in [5.74, 6) is 0.0304. The predicted molar refractivity (Wildman–Crippen MR) is 158 cm³/mol. The van der Waals surface area contributed by atoms with Crippen LogP contribution in [-0.4, -0.2) is 99.7 Å². The smallest absolute Gasteiger partial charge is 0.354 e. The van der Waals surface area contributed by atoms with Gasteiger partial charge in [0.25, 0.3) is 0 Å². The van der Waals surface area contributed by atoms with Crippen molar-refractivity contribution in [2.75, 3.05) is 45.2 Å². The molecule has 41 heavy (non-hydrogen) atoms. The molecule has 12 heteroatoms. The minimum absolute atomic E-state index is 0.0853. The summed E-state index contributed by atoms with van der Waals surface area (Å²) in [5.41, 5.74) is 12.5. The number of anilines is 1. The van der Waals surface area contributed by atoms with E-state index < -0.39 is 11.2 Å². The van der Waals surface area contributed by atoms with Gasteiger partial charge in [0.1, 0.15) is 5.82 Å². The Morgan fingerprint density at radius 3 is 2.34 bits per heavy atom. The van der Waals surface area contributed by atoms with Gasteiger partial charge in [-0.1, -0.05) is 19.1 Å². The second-order valence-electron chi connectivity index (χ2n) is 11.5. The summed E-state index contributed by atoms with van der Waals surface area (Å²) in [6.07, 6.45) is 4.63. The van der Waals surface area contributed by atoms with Crippen LogP contribution in [0.4, 0.5) is 10.6 Å². The number of ether oxygens (including phenoxy) is 1. The van der Waals surface area contributed by atoms with Crippen molar-refractivity contribution in [1.82, 2.24) is 24.3 Å². The molecule has 0 spiro atoms. The number of hydrogen-bond donors (Lipinski definition) is 3. The Labute approximate surface area is 241 Å². The molecule has 1 aromatic carbocycles. The number of hydrogen-bond acceptors (Lipinski definition) is 8. The lowest BCUT2D eigenvalue weighted by atomic mass is 9.88. The number of carbonyl (C=O) groups excluding carboxylic acids is 2. The summed E-state index contributed by atoms with van der Waals surface area (Å²) in [7, 11) is 1.73. The molecule has 1 aliphatic carbocycles. The summed E-state index contributed by atoms with van der Waals surface area (Å²) < 4.78 is 7.05. The summed E-state index contributed by atoms with van der Waals surface area (Å²) in [5, 5.41) is 2.70. The Kier molecular flexibility index (Phi) is 9.80. The largest absolute Gasteiger partial charge is 0.380 e. The molecule has 4 rings (SSSR count). The van der Waals surface area contributed by atoms with Crippen LogP contribution in [0.3, 0.4) is 0 Å². The van der Waals surface area contributed by atoms with Gasteiger partial charge >= 0.3 is 11.7 Å². The van der Waals surface area contributed by atoms with Crippen molar-refractivity contribution in [3.05, 3.63) is 52.6 Å². The number of aromatic nitrogens is 2. The van der Waals surface area contributed by atoms with Crippen LogP contribution in [0, 0.1) is 0 Å². The van der Waals surface area contributed by atoms with Gasteiger partial charge in [0.05, 0.1) is 17.3 Å². The van der Waals surface area contributed by atoms with Crippen LogP contribution >= 0.6 is 0 Å². The molecular formula is C29H44N8O4. The van der Waals surface area contributed by atoms with Crippen LogP contribution in [0.25, 0.3) is 5.69 Å². The molecule has 12 nitrogen and oxygen atoms in total. The van der Waals surface area contributed by atoms with Gasteiger partial charge in [0, 0.05) is 58.1 Å². The van der Waals surface area contributed by atoms with Crippen molar-refractivity contribution < 1.29 is 14.3 Å². The van der Waals surface area contributed by atoms with Gasteiger partial charge in [0.2, 0.25) is 5.91 Å². The zero-order valence-electron chi connectivity index (χ0n) is 24.6. The first-order valence-corrected chi connectivity index (χ1v) is 14.4. The molecule has 3 atom stereocenters. The van der Waals surface area contributed by atoms with Crippen LogP contribution < -0.4 is 22.5 Å². The quantitative estimate of drug-likeness (QED) is 0.432. The first-order valence-electron chi connectivity index (χ1n) is 14.4. The number of methoxy groups -OCH3 is 1. The Balaban J connectivity index is 1.33. The fourth-order valence-electron chi connectivity index (χ4n) is 5.61. The van der Waals surface area contributed by atoms with Crippen LogP contribution in [-0.2, 0) is 16.1 Å². The maximum atomic E-state index is 12.8. The third-order valence-corrected chi connectivity index (χ3v) is 8.08. The van der Waals surface area contributed by atoms with E-state index in [0.717, 1.165) is 37.9 Å². The Morgan fingerprint density at radius 2 is 1.76 bits per heavy atom. The third-order valence-electron chi connectivity index (χ3n) is 8.08. The SMILES string of the molecule is CCN(Cc1ccc(-n2ccc(NC(=O)N3CCN(C(=O)C(C)(C)N)CC3)nc2=O)cc1)C1CCC(N)[C@@H](OC)C1. The van der Waals surface area contributed by atoms with E-state index in [1.165, 1.54) is 4.57 Å². The number of carbonyl (C=O) groups is 2. The summed E-state index contributed by atoms with van der Waals surface area (Å²) >= 11 is 0. The van der Waals surface area contributed by atoms with E-state index in [-0.39, 0.29) is 29.9 Å². The maximum Gasteiger partial charge on any atom is 0.354 e. The third kappa shape index (κ3) is 7.50. The van der Waals surface area contributed by atoms with Gasteiger partial charge in [-0.25, -0.2) is 9.59 Å². The molecule has 2 fully saturated rings. The number of nitrogens with two attached hydrogens (primary N) is 2. The number of nitrogens with zero attached hydrogens (tertiary/aromatic N) is 5. The molecule has 5 N–H and O–H groups in total. The van der Waals surface area contributed by atoms with E-state index in [1.54, 1.807) is 43.0 Å². The molecule has 2 aromatic rings. The van der Waals surface area contributed by atoms with Gasteiger partial charge in [-0.15, -0.1) is 0 Å². The van der Waals surface area contributed by atoms with E-state index in [1.807, 2.05) is 24.3 Å². The van der Waals surface area contributed by atoms with Crippen LogP contribution in [0.2, 0.25) is 0 Å². The molecule has 2 unspecified atom stereocenters. The highest BCUT2D eigenvalue weighted by atomic mass is 16.5. The average molecular weight is 569 g/mol. The highest BCUT2D eigenvalue weighted by molar-refractivity contribution is 5.89. The van der Waals surface area contributed by atoms with E-state index >= 15 is 0 Å². The highest BCUT2D eigenvalue weighted by Crippen LogP contribution is 2.26. The van der Waals surface area contributed by atoms with Crippen molar-refractivity contribution in [3.8, 4) is 5.69 Å². The van der Waals surface area contributed by atoms with Crippen molar-refractivity contribution in [2.24, 2.45) is 11.5 Å². The second kappa shape index (κ2) is 13.1. The monoisotopic (exact) mass is 568 g/mol. The molecule has 1 aliphatic heterocycles. The number of urea groups is 1. The minimum atomic E-state index is -0.952. The first kappa shape index (κ1) is 30.6. The summed E-state index contributed by atoms with van der Waals surface area (Å²) in [4.78, 5) is 47.7. The van der Waals surface area contributed by atoms with Crippen molar-refractivity contribution in [1.29, 1.82) is 0 Å². The lowest BCUT2D eigenvalue weighted by molar-refractivity contribution is -0.137. The van der Waals surface area contributed by atoms with Crippen molar-refractivity contribution >= 4 is 17.8 Å². The van der Waals surface area contributed by atoms with Gasteiger partial charge in [-0.05, 0) is 63.4 Å². The molecule has 0 bridgehead atoms. The van der Waals surface area contributed by atoms with E-state index in [0.29, 0.717) is 37.9 Å². The van der Waals surface area contributed by atoms with E-state index in [2.05, 4.69) is 22.1 Å². The Hall–Kier alpha value is -3.32. The topological polar surface area (TPSA) is 152 Å². The molecule has 2 heterocycles. The normalized spacial score (nSPS) is 21.7. The number of piperazine rings is 1. The molecular weight excluding hydrogens is 524 g/mol. The second-order valence-corrected chi connectivity index (χ2v) is 11.5. The highest BCUT2D eigenvalue weighted by Gasteiger charge is 2.32.